The van der Waals surface area contributed by atoms with Gasteiger partial charge in [0.1, 0.15) is 0 Å². The number of rotatable bonds is 10. The summed E-state index contributed by atoms with van der Waals surface area (Å²) in [7, 11) is 0. The van der Waals surface area contributed by atoms with Crippen LogP contribution in [0.2, 0.25) is 0 Å². The highest BCUT2D eigenvalue weighted by molar-refractivity contribution is 4.94. The van der Waals surface area contributed by atoms with E-state index in [1.165, 1.54) is 25.7 Å². The molecule has 4 heteroatoms. The first-order valence-corrected chi connectivity index (χ1v) is 6.53. The third-order valence-electron chi connectivity index (χ3n) is 3.18. The Balaban J connectivity index is 2.15. The van der Waals surface area contributed by atoms with Crippen molar-refractivity contribution in [3.8, 4) is 0 Å². The van der Waals surface area contributed by atoms with Gasteiger partial charge in [-0.2, -0.15) is 0 Å². The topological polar surface area (TPSA) is 70.8 Å². The van der Waals surface area contributed by atoms with E-state index in [4.69, 9.17) is 15.6 Å². The number of hydrogen-bond donors (Lipinski definition) is 3. The molecule has 1 fully saturated rings. The zero-order valence-electron chi connectivity index (χ0n) is 10.3. The lowest BCUT2D eigenvalue weighted by Crippen LogP contribution is -2.38. The molecular formula is C12H26N2O2. The molecule has 0 bridgehead atoms. The van der Waals surface area contributed by atoms with Gasteiger partial charge < -0.3 is 15.6 Å². The second-order valence-corrected chi connectivity index (χ2v) is 4.52. The number of aliphatic hydroxyl groups excluding tert-OH is 1. The monoisotopic (exact) mass is 230 g/mol. The number of nitrogens with two attached hydrogens (primary N) is 1. The van der Waals surface area contributed by atoms with Crippen molar-refractivity contribution >= 4 is 0 Å². The minimum atomic E-state index is 0.215. The van der Waals surface area contributed by atoms with Crippen molar-refractivity contribution in [1.29, 1.82) is 0 Å². The van der Waals surface area contributed by atoms with Crippen LogP contribution in [0.25, 0.3) is 0 Å². The lowest BCUT2D eigenvalue weighted by molar-refractivity contribution is 0.259. The van der Waals surface area contributed by atoms with Gasteiger partial charge >= 0.3 is 0 Å². The Morgan fingerprint density at radius 1 is 1.38 bits per heavy atom. The number of nitrogens with one attached hydrogen (secondary N) is 1. The first kappa shape index (κ1) is 13.9. The number of unbranched alkanes of at least 4 members (excludes halogenated alkanes) is 3. The summed E-state index contributed by atoms with van der Waals surface area (Å²) >= 11 is 0. The van der Waals surface area contributed by atoms with E-state index in [0.29, 0.717) is 12.7 Å². The zero-order chi connectivity index (χ0) is 11.8. The molecule has 0 amide bonds. The van der Waals surface area contributed by atoms with Gasteiger partial charge in [-0.25, -0.2) is 0 Å². The summed E-state index contributed by atoms with van der Waals surface area (Å²) in [4.78, 5) is 0. The molecule has 1 heterocycles. The van der Waals surface area contributed by atoms with Gasteiger partial charge in [0.15, 0.2) is 0 Å². The quantitative estimate of drug-likeness (QED) is 0.297. The summed E-state index contributed by atoms with van der Waals surface area (Å²) in [5, 5.41) is 12.1. The summed E-state index contributed by atoms with van der Waals surface area (Å²) in [6.07, 6.45) is 7.50. The highest BCUT2D eigenvalue weighted by Gasteiger charge is 2.43. The van der Waals surface area contributed by atoms with Gasteiger partial charge in [-0.15, -0.1) is 0 Å². The largest absolute Gasteiger partial charge is 0.396 e. The van der Waals surface area contributed by atoms with Gasteiger partial charge in [-0.3, -0.25) is 5.32 Å². The maximum atomic E-state index is 8.83. The van der Waals surface area contributed by atoms with Crippen LogP contribution in [0.4, 0.5) is 0 Å². The summed E-state index contributed by atoms with van der Waals surface area (Å²) in [5.74, 6) is 0. The van der Waals surface area contributed by atoms with Crippen LogP contribution in [-0.4, -0.2) is 36.6 Å². The molecule has 1 aliphatic heterocycles. The van der Waals surface area contributed by atoms with Crippen LogP contribution in [0.1, 0.15) is 45.4 Å². The van der Waals surface area contributed by atoms with E-state index in [-0.39, 0.29) is 18.8 Å². The normalized spacial score (nSPS) is 25.7. The van der Waals surface area contributed by atoms with E-state index in [9.17, 15) is 0 Å². The maximum absolute atomic E-state index is 8.83. The summed E-state index contributed by atoms with van der Waals surface area (Å²) in [5.41, 5.74) is 5.53. The lowest BCUT2D eigenvalue weighted by Gasteiger charge is -2.15. The van der Waals surface area contributed by atoms with Crippen molar-refractivity contribution in [3.63, 3.8) is 0 Å². The predicted octanol–water partition coefficient (Wildman–Crippen LogP) is 0.981. The van der Waals surface area contributed by atoms with Crippen molar-refractivity contribution in [2.75, 3.05) is 13.3 Å². The van der Waals surface area contributed by atoms with Crippen LogP contribution >= 0.6 is 0 Å². The first-order chi connectivity index (χ1) is 7.83. The summed E-state index contributed by atoms with van der Waals surface area (Å²) < 4.78 is 5.55. The molecule has 0 aliphatic carbocycles. The molecule has 0 aromatic rings. The molecule has 3 unspecified atom stereocenters. The maximum Gasteiger partial charge on any atom is 0.0995 e. The van der Waals surface area contributed by atoms with Gasteiger partial charge in [0.05, 0.1) is 12.2 Å². The zero-order valence-corrected chi connectivity index (χ0v) is 10.3. The molecule has 0 radical (unpaired) electrons. The molecule has 16 heavy (non-hydrogen) atoms. The second-order valence-electron chi connectivity index (χ2n) is 4.52. The number of epoxide rings is 1. The molecular weight excluding hydrogens is 204 g/mol. The van der Waals surface area contributed by atoms with Crippen LogP contribution in [-0.2, 0) is 4.74 Å². The fourth-order valence-electron chi connectivity index (χ4n) is 2.19. The first-order valence-electron chi connectivity index (χ1n) is 6.53. The van der Waals surface area contributed by atoms with Gasteiger partial charge in [0.25, 0.3) is 0 Å². The lowest BCUT2D eigenvalue weighted by atomic mass is 10.0. The van der Waals surface area contributed by atoms with Crippen molar-refractivity contribution < 1.29 is 9.84 Å². The molecule has 0 aromatic carbocycles. The van der Waals surface area contributed by atoms with Gasteiger partial charge in [0, 0.05) is 19.3 Å². The second kappa shape index (κ2) is 8.01. The van der Waals surface area contributed by atoms with Crippen LogP contribution in [0.3, 0.4) is 0 Å². The molecule has 96 valence electrons. The van der Waals surface area contributed by atoms with E-state index in [1.807, 2.05) is 0 Å². The van der Waals surface area contributed by atoms with Crippen molar-refractivity contribution in [3.05, 3.63) is 0 Å². The molecule has 0 saturated carbocycles. The van der Waals surface area contributed by atoms with E-state index >= 15 is 0 Å². The van der Waals surface area contributed by atoms with Crippen LogP contribution < -0.4 is 11.1 Å². The highest BCUT2D eigenvalue weighted by Crippen LogP contribution is 2.30. The molecule has 1 rings (SSSR count). The summed E-state index contributed by atoms with van der Waals surface area (Å²) in [6, 6.07) is 0.374. The Hall–Kier alpha value is -0.160. The third kappa shape index (κ3) is 4.78. The van der Waals surface area contributed by atoms with Crippen LogP contribution in [0, 0.1) is 0 Å². The van der Waals surface area contributed by atoms with Gasteiger partial charge in [0.2, 0.25) is 0 Å². The van der Waals surface area contributed by atoms with E-state index in [2.05, 4.69) is 12.2 Å². The van der Waals surface area contributed by atoms with E-state index < -0.39 is 0 Å². The van der Waals surface area contributed by atoms with E-state index in [0.717, 1.165) is 12.8 Å². The molecule has 0 aromatic heterocycles. The Morgan fingerprint density at radius 2 is 2.19 bits per heavy atom. The predicted molar refractivity (Wildman–Crippen MR) is 65.1 cm³/mol. The SMILES string of the molecule is CCCCCCC(NCN)C1OC1CCO. The average molecular weight is 230 g/mol. The number of ether oxygens (including phenoxy) is 1. The Kier molecular flexibility index (Phi) is 6.96. The number of aliphatic hydroxyl groups is 1. The van der Waals surface area contributed by atoms with Gasteiger partial charge in [-0.1, -0.05) is 32.6 Å². The molecule has 4 nitrogen and oxygen atoms in total. The minimum absolute atomic E-state index is 0.215. The van der Waals surface area contributed by atoms with Crippen molar-refractivity contribution in [2.45, 2.75) is 63.7 Å². The van der Waals surface area contributed by atoms with Crippen LogP contribution in [0.5, 0.6) is 0 Å². The molecule has 1 aliphatic rings. The molecule has 1 saturated heterocycles. The average Bonchev–Trinajstić information content (AvgIpc) is 3.03. The minimum Gasteiger partial charge on any atom is -0.396 e. The molecule has 3 atom stereocenters. The molecule has 4 N–H and O–H groups in total. The van der Waals surface area contributed by atoms with Crippen LogP contribution in [0.15, 0.2) is 0 Å². The van der Waals surface area contributed by atoms with Crippen molar-refractivity contribution in [2.24, 2.45) is 5.73 Å². The third-order valence-corrected chi connectivity index (χ3v) is 3.18. The highest BCUT2D eigenvalue weighted by atomic mass is 16.6. The fourth-order valence-corrected chi connectivity index (χ4v) is 2.19. The standard InChI is InChI=1S/C12H26N2O2/c1-2-3-4-5-6-10(14-9-13)12-11(16-12)7-8-15/h10-12,14-15H,2-9,13H2,1H3. The van der Waals surface area contributed by atoms with Crippen molar-refractivity contribution in [1.82, 2.24) is 5.32 Å². The Bertz CT molecular complexity index is 178. The number of hydrogen-bond acceptors (Lipinski definition) is 4. The fraction of sp³-hybridized carbons (Fsp3) is 1.00. The van der Waals surface area contributed by atoms with E-state index in [1.54, 1.807) is 0 Å². The Morgan fingerprint density at radius 3 is 2.81 bits per heavy atom. The smallest absolute Gasteiger partial charge is 0.0995 e. The van der Waals surface area contributed by atoms with Gasteiger partial charge in [-0.05, 0) is 12.8 Å². The Labute approximate surface area is 98.5 Å². The summed E-state index contributed by atoms with van der Waals surface area (Å²) in [6.45, 7) is 2.94. The molecule has 0 spiro atoms.